The number of ether oxygens (including phenoxy) is 1. The fourth-order valence-corrected chi connectivity index (χ4v) is 3.57. The largest absolute Gasteiger partial charge is 0.487 e. The Labute approximate surface area is 171 Å². The number of nitrogens with zero attached hydrogens (tertiary/aromatic N) is 2. The van der Waals surface area contributed by atoms with E-state index in [1.807, 2.05) is 18.2 Å². The first kappa shape index (κ1) is 19.4. The van der Waals surface area contributed by atoms with E-state index < -0.39 is 11.6 Å². The molecule has 2 aromatic carbocycles. The molecule has 3 aromatic rings. The van der Waals surface area contributed by atoms with Crippen LogP contribution in [0.4, 0.5) is 8.78 Å². The molecule has 150 valence electrons. The topological polar surface area (TPSA) is 58.2 Å². The standard InChI is InChI=1S/C21H18ClF2N3O2/c22-16-4-2-1-3-15(16)18-12-19(26-25-18)21(28)27-9-7-14(8-10-27)29-20-6-5-13(23)11-17(20)24/h1-6,11-12,14H,7-10H2,(H,25,26). The summed E-state index contributed by atoms with van der Waals surface area (Å²) in [4.78, 5) is 14.5. The van der Waals surface area contributed by atoms with Crippen molar-refractivity contribution in [1.29, 1.82) is 0 Å². The van der Waals surface area contributed by atoms with E-state index in [0.717, 1.165) is 17.7 Å². The summed E-state index contributed by atoms with van der Waals surface area (Å²) in [6.45, 7) is 0.930. The molecule has 0 unspecified atom stereocenters. The zero-order chi connectivity index (χ0) is 20.4. The average Bonchev–Trinajstić information content (AvgIpc) is 3.20. The molecule has 1 fully saturated rings. The fourth-order valence-electron chi connectivity index (χ4n) is 3.34. The molecule has 8 heteroatoms. The molecule has 29 heavy (non-hydrogen) atoms. The molecule has 4 rings (SSSR count). The minimum absolute atomic E-state index is 0.0223. The van der Waals surface area contributed by atoms with Crippen molar-refractivity contribution in [3.63, 3.8) is 0 Å². The zero-order valence-corrected chi connectivity index (χ0v) is 16.1. The lowest BCUT2D eigenvalue weighted by molar-refractivity contribution is 0.0583. The van der Waals surface area contributed by atoms with Crippen molar-refractivity contribution < 1.29 is 18.3 Å². The summed E-state index contributed by atoms with van der Waals surface area (Å²) in [6.07, 6.45) is 0.863. The summed E-state index contributed by atoms with van der Waals surface area (Å²) in [5.41, 5.74) is 1.73. The Balaban J connectivity index is 1.37. The number of nitrogens with one attached hydrogen (secondary N) is 1. The number of aromatic amines is 1. The van der Waals surface area contributed by atoms with E-state index in [1.165, 1.54) is 6.07 Å². The molecule has 1 aliphatic rings. The Morgan fingerprint density at radius 2 is 1.90 bits per heavy atom. The first-order chi connectivity index (χ1) is 14.0. The number of rotatable bonds is 4. The number of likely N-dealkylation sites (tertiary alicyclic amines) is 1. The number of carbonyl (C=O) groups is 1. The van der Waals surface area contributed by atoms with Gasteiger partial charge in [0.25, 0.3) is 5.91 Å². The van der Waals surface area contributed by atoms with E-state index >= 15 is 0 Å². The van der Waals surface area contributed by atoms with Gasteiger partial charge in [-0.15, -0.1) is 0 Å². The number of benzene rings is 2. The summed E-state index contributed by atoms with van der Waals surface area (Å²) in [7, 11) is 0. The van der Waals surface area contributed by atoms with Gasteiger partial charge in [-0.3, -0.25) is 9.89 Å². The van der Waals surface area contributed by atoms with Gasteiger partial charge in [-0.2, -0.15) is 5.10 Å². The highest BCUT2D eigenvalue weighted by molar-refractivity contribution is 6.33. The van der Waals surface area contributed by atoms with E-state index in [0.29, 0.717) is 42.3 Å². The van der Waals surface area contributed by atoms with Crippen LogP contribution >= 0.6 is 11.6 Å². The molecular weight excluding hydrogens is 400 g/mol. The van der Waals surface area contributed by atoms with Crippen LogP contribution < -0.4 is 4.74 Å². The third kappa shape index (κ3) is 4.24. The first-order valence-electron chi connectivity index (χ1n) is 9.22. The second-order valence-electron chi connectivity index (χ2n) is 6.83. The maximum Gasteiger partial charge on any atom is 0.271 e. The lowest BCUT2D eigenvalue weighted by Gasteiger charge is -2.31. The van der Waals surface area contributed by atoms with Gasteiger partial charge in [-0.05, 0) is 24.3 Å². The van der Waals surface area contributed by atoms with Gasteiger partial charge in [0.05, 0.1) is 10.7 Å². The number of halogens is 3. The summed E-state index contributed by atoms with van der Waals surface area (Å²) >= 11 is 6.19. The predicted molar refractivity (Wildman–Crippen MR) is 105 cm³/mol. The van der Waals surface area contributed by atoms with Crippen molar-refractivity contribution in [2.24, 2.45) is 0 Å². The number of H-pyrrole nitrogens is 1. The van der Waals surface area contributed by atoms with Crippen molar-refractivity contribution in [1.82, 2.24) is 15.1 Å². The molecule has 0 aliphatic carbocycles. The molecule has 0 spiro atoms. The molecule has 1 aliphatic heterocycles. The summed E-state index contributed by atoms with van der Waals surface area (Å²) in [5.74, 6) is -1.52. The molecule has 2 heterocycles. The van der Waals surface area contributed by atoms with Crippen molar-refractivity contribution in [3.05, 3.63) is 70.9 Å². The van der Waals surface area contributed by atoms with Gasteiger partial charge in [0.2, 0.25) is 0 Å². The Hall–Kier alpha value is -2.93. The van der Waals surface area contributed by atoms with Gasteiger partial charge < -0.3 is 9.64 Å². The highest BCUT2D eigenvalue weighted by Gasteiger charge is 2.26. The van der Waals surface area contributed by atoms with Crippen molar-refractivity contribution in [2.45, 2.75) is 18.9 Å². The van der Waals surface area contributed by atoms with Crippen molar-refractivity contribution in [2.75, 3.05) is 13.1 Å². The summed E-state index contributed by atoms with van der Waals surface area (Å²) < 4.78 is 32.4. The minimum atomic E-state index is -0.729. The Morgan fingerprint density at radius 3 is 2.62 bits per heavy atom. The molecular formula is C21H18ClF2N3O2. The lowest BCUT2D eigenvalue weighted by atomic mass is 10.1. The van der Waals surface area contributed by atoms with Crippen LogP contribution in [0.2, 0.25) is 5.02 Å². The third-order valence-electron chi connectivity index (χ3n) is 4.87. The molecule has 1 aromatic heterocycles. The normalized spacial score (nSPS) is 14.8. The first-order valence-corrected chi connectivity index (χ1v) is 9.60. The molecule has 0 bridgehead atoms. The molecule has 0 radical (unpaired) electrons. The van der Waals surface area contributed by atoms with Crippen LogP contribution in [0.1, 0.15) is 23.3 Å². The predicted octanol–water partition coefficient (Wildman–Crippen LogP) is 4.69. The van der Waals surface area contributed by atoms with Crippen molar-refractivity contribution >= 4 is 17.5 Å². The fraction of sp³-hybridized carbons (Fsp3) is 0.238. The number of hydrogen-bond donors (Lipinski definition) is 1. The van der Waals surface area contributed by atoms with E-state index in [-0.39, 0.29) is 17.8 Å². The van der Waals surface area contributed by atoms with Crippen LogP contribution in [0.5, 0.6) is 5.75 Å². The highest BCUT2D eigenvalue weighted by atomic mass is 35.5. The van der Waals surface area contributed by atoms with E-state index in [9.17, 15) is 13.6 Å². The molecule has 0 saturated carbocycles. The Bertz CT molecular complexity index is 1030. The second kappa shape index (κ2) is 8.21. The Kier molecular flexibility index (Phi) is 5.49. The van der Waals surface area contributed by atoms with Crippen LogP contribution in [0, 0.1) is 11.6 Å². The number of hydrogen-bond acceptors (Lipinski definition) is 3. The maximum absolute atomic E-state index is 13.8. The molecule has 1 amide bonds. The van der Waals surface area contributed by atoms with Crippen LogP contribution in [0.3, 0.4) is 0 Å². The SMILES string of the molecule is O=C(c1cc(-c2ccccc2Cl)n[nH]1)N1CCC(Oc2ccc(F)cc2F)CC1. The lowest BCUT2D eigenvalue weighted by Crippen LogP contribution is -2.42. The van der Waals surface area contributed by atoms with Gasteiger partial charge in [-0.25, -0.2) is 8.78 Å². The summed E-state index contributed by atoms with van der Waals surface area (Å²) in [5, 5.41) is 7.53. The second-order valence-corrected chi connectivity index (χ2v) is 7.24. The third-order valence-corrected chi connectivity index (χ3v) is 5.20. The monoisotopic (exact) mass is 417 g/mol. The number of carbonyl (C=O) groups excluding carboxylic acids is 1. The summed E-state index contributed by atoms with van der Waals surface area (Å²) in [6, 6.07) is 12.2. The smallest absolute Gasteiger partial charge is 0.271 e. The van der Waals surface area contributed by atoms with E-state index in [1.54, 1.807) is 17.0 Å². The number of amides is 1. The van der Waals surface area contributed by atoms with Crippen LogP contribution in [-0.2, 0) is 0 Å². The van der Waals surface area contributed by atoms with Crippen LogP contribution in [0.15, 0.2) is 48.5 Å². The average molecular weight is 418 g/mol. The quantitative estimate of drug-likeness (QED) is 0.669. The van der Waals surface area contributed by atoms with Crippen molar-refractivity contribution in [3.8, 4) is 17.0 Å². The van der Waals surface area contributed by atoms with Gasteiger partial charge in [0.15, 0.2) is 11.6 Å². The van der Waals surface area contributed by atoms with Gasteiger partial charge in [0, 0.05) is 37.6 Å². The molecule has 5 nitrogen and oxygen atoms in total. The maximum atomic E-state index is 13.8. The van der Waals surface area contributed by atoms with Gasteiger partial charge in [0.1, 0.15) is 17.6 Å². The molecule has 1 saturated heterocycles. The van der Waals surface area contributed by atoms with Crippen LogP contribution in [0.25, 0.3) is 11.3 Å². The van der Waals surface area contributed by atoms with E-state index in [4.69, 9.17) is 16.3 Å². The van der Waals surface area contributed by atoms with Gasteiger partial charge in [-0.1, -0.05) is 29.8 Å². The minimum Gasteiger partial charge on any atom is -0.487 e. The number of piperidine rings is 1. The number of aromatic nitrogens is 2. The zero-order valence-electron chi connectivity index (χ0n) is 15.4. The van der Waals surface area contributed by atoms with Gasteiger partial charge >= 0.3 is 0 Å². The molecule has 0 atom stereocenters. The van der Waals surface area contributed by atoms with E-state index in [2.05, 4.69) is 10.2 Å². The molecule has 1 N–H and O–H groups in total. The van der Waals surface area contributed by atoms with Crippen LogP contribution in [-0.4, -0.2) is 40.2 Å². The highest BCUT2D eigenvalue weighted by Crippen LogP contribution is 2.27. The Morgan fingerprint density at radius 1 is 1.14 bits per heavy atom.